The van der Waals surface area contributed by atoms with Crippen LogP contribution in [0, 0.1) is 5.82 Å². The van der Waals surface area contributed by atoms with Gasteiger partial charge in [-0.05, 0) is 109 Å². The maximum absolute atomic E-state index is 12.5. The van der Waals surface area contributed by atoms with Crippen molar-refractivity contribution in [1.82, 2.24) is 4.57 Å². The largest absolute Gasteiger partial charge is 0.308 e. The van der Waals surface area contributed by atoms with Gasteiger partial charge in [0.1, 0.15) is 5.82 Å². The first-order valence-electron chi connectivity index (χ1n) is 13.6. The van der Waals surface area contributed by atoms with Gasteiger partial charge in [-0.25, -0.2) is 4.39 Å². The van der Waals surface area contributed by atoms with Crippen LogP contribution >= 0.6 is 63.7 Å². The first kappa shape index (κ1) is 30.0. The van der Waals surface area contributed by atoms with E-state index in [2.05, 4.69) is 177 Å². The molecule has 8 rings (SSSR count). The highest BCUT2D eigenvalue weighted by Crippen LogP contribution is 2.36. The van der Waals surface area contributed by atoms with Gasteiger partial charge in [0.25, 0.3) is 0 Å². The summed E-state index contributed by atoms with van der Waals surface area (Å²) in [6, 6.07) is 45.5. The van der Waals surface area contributed by atoms with Gasteiger partial charge >= 0.3 is 0 Å². The lowest BCUT2D eigenvalue weighted by atomic mass is 10.1. The Morgan fingerprint density at radius 2 is 0.953 bits per heavy atom. The van der Waals surface area contributed by atoms with E-state index in [1.54, 1.807) is 12.1 Å². The molecule has 1 aliphatic rings. The SMILES string of the molecule is Brc1ccc(Br)c(-n2c3ccccc3c3ccccc32)c1.Fc1cc(Br)ccc1Br.c1ccc2c(c1)Cc1ccccc1-2. The molecule has 1 nitrogen and oxygen atoms in total. The lowest BCUT2D eigenvalue weighted by Crippen LogP contribution is -1.94. The van der Waals surface area contributed by atoms with Gasteiger partial charge < -0.3 is 4.57 Å². The summed E-state index contributed by atoms with van der Waals surface area (Å²) in [5.41, 5.74) is 9.33. The fourth-order valence-electron chi connectivity index (χ4n) is 5.39. The summed E-state index contributed by atoms with van der Waals surface area (Å²) in [5, 5.41) is 2.56. The van der Waals surface area contributed by atoms with Crippen molar-refractivity contribution in [1.29, 1.82) is 0 Å². The maximum atomic E-state index is 12.5. The molecule has 0 saturated heterocycles. The third kappa shape index (κ3) is 6.44. The highest BCUT2D eigenvalue weighted by atomic mass is 79.9. The Labute approximate surface area is 283 Å². The molecular formula is C37H24Br4FN. The van der Waals surface area contributed by atoms with Crippen molar-refractivity contribution in [2.24, 2.45) is 0 Å². The minimum atomic E-state index is -0.246. The van der Waals surface area contributed by atoms with Crippen LogP contribution in [0.25, 0.3) is 38.6 Å². The van der Waals surface area contributed by atoms with E-state index >= 15 is 0 Å². The minimum absolute atomic E-state index is 0.246. The van der Waals surface area contributed by atoms with Gasteiger partial charge in [0.2, 0.25) is 0 Å². The molecule has 0 bridgehead atoms. The predicted octanol–water partition coefficient (Wildman–Crippen LogP) is 12.9. The normalized spacial score (nSPS) is 11.3. The maximum Gasteiger partial charge on any atom is 0.138 e. The predicted molar refractivity (Wildman–Crippen MR) is 193 cm³/mol. The monoisotopic (exact) mass is 817 g/mol. The Morgan fingerprint density at radius 3 is 1.49 bits per heavy atom. The number of nitrogens with zero attached hydrogens (tertiary/aromatic N) is 1. The standard InChI is InChI=1S/C18H11Br2N.C13H10.C6H3Br2F/c19-12-9-10-15(20)18(11-12)21-16-7-3-1-5-13(16)14-6-2-4-8-17(14)21;1-3-7-12-10(5-1)9-11-6-2-4-8-13(11)12;7-4-1-2-5(8)6(9)3-4/h1-11H;1-8H,9H2;1-3H. The molecule has 1 heterocycles. The van der Waals surface area contributed by atoms with Gasteiger partial charge in [-0.2, -0.15) is 0 Å². The average molecular weight is 821 g/mol. The lowest BCUT2D eigenvalue weighted by molar-refractivity contribution is 0.620. The molecular weight excluding hydrogens is 797 g/mol. The van der Waals surface area contributed by atoms with Crippen LogP contribution in [0.2, 0.25) is 0 Å². The summed E-state index contributed by atoms with van der Waals surface area (Å²) >= 11 is 13.4. The molecule has 6 heteroatoms. The molecule has 6 aromatic carbocycles. The summed E-state index contributed by atoms with van der Waals surface area (Å²) in [6.45, 7) is 0. The molecule has 1 aromatic heterocycles. The Hall–Kier alpha value is -3.03. The summed E-state index contributed by atoms with van der Waals surface area (Å²) < 4.78 is 18.2. The van der Waals surface area contributed by atoms with Gasteiger partial charge in [-0.15, -0.1) is 0 Å². The molecule has 0 fully saturated rings. The van der Waals surface area contributed by atoms with Gasteiger partial charge in [0.15, 0.2) is 0 Å². The molecule has 0 atom stereocenters. The van der Waals surface area contributed by atoms with Crippen LogP contribution in [0.1, 0.15) is 11.1 Å². The highest BCUT2D eigenvalue weighted by molar-refractivity contribution is 9.11. The van der Waals surface area contributed by atoms with E-state index in [1.165, 1.54) is 50.1 Å². The van der Waals surface area contributed by atoms with E-state index in [4.69, 9.17) is 0 Å². The van der Waals surface area contributed by atoms with Crippen LogP contribution < -0.4 is 0 Å². The Balaban J connectivity index is 0.000000127. The molecule has 0 unspecified atom stereocenters. The molecule has 43 heavy (non-hydrogen) atoms. The van der Waals surface area contributed by atoms with Crippen molar-refractivity contribution in [3.05, 3.63) is 168 Å². The van der Waals surface area contributed by atoms with Crippen molar-refractivity contribution in [3.8, 4) is 16.8 Å². The lowest BCUT2D eigenvalue weighted by Gasteiger charge is -2.10. The number of halogens is 5. The summed E-state index contributed by atoms with van der Waals surface area (Å²) in [6.07, 6.45) is 1.10. The smallest absolute Gasteiger partial charge is 0.138 e. The number of fused-ring (bicyclic) bond motifs is 6. The van der Waals surface area contributed by atoms with Crippen LogP contribution in [0.4, 0.5) is 4.39 Å². The van der Waals surface area contributed by atoms with E-state index in [-0.39, 0.29) is 5.82 Å². The summed E-state index contributed by atoms with van der Waals surface area (Å²) in [4.78, 5) is 0. The number of rotatable bonds is 1. The zero-order chi connectivity index (χ0) is 29.9. The van der Waals surface area contributed by atoms with Crippen molar-refractivity contribution in [3.63, 3.8) is 0 Å². The van der Waals surface area contributed by atoms with Gasteiger partial charge in [0.05, 0.1) is 21.2 Å². The second kappa shape index (κ2) is 13.3. The molecule has 0 spiro atoms. The Kier molecular flexibility index (Phi) is 9.29. The minimum Gasteiger partial charge on any atom is -0.308 e. The second-order valence-corrected chi connectivity index (χ2v) is 13.6. The molecule has 0 saturated carbocycles. The number of hydrogen-bond acceptors (Lipinski definition) is 0. The number of aromatic nitrogens is 1. The van der Waals surface area contributed by atoms with Crippen LogP contribution in [0.3, 0.4) is 0 Å². The fourth-order valence-corrected chi connectivity index (χ4v) is 6.74. The van der Waals surface area contributed by atoms with Crippen LogP contribution in [0.15, 0.2) is 151 Å². The quantitative estimate of drug-likeness (QED) is 0.145. The van der Waals surface area contributed by atoms with Gasteiger partial charge in [-0.3, -0.25) is 0 Å². The molecule has 7 aromatic rings. The third-order valence-electron chi connectivity index (χ3n) is 7.32. The van der Waals surface area contributed by atoms with Crippen molar-refractivity contribution >= 4 is 85.5 Å². The Morgan fingerprint density at radius 1 is 0.488 bits per heavy atom. The average Bonchev–Trinajstić information content (AvgIpc) is 3.57. The van der Waals surface area contributed by atoms with Crippen molar-refractivity contribution in [2.75, 3.05) is 0 Å². The van der Waals surface area contributed by atoms with E-state index in [0.29, 0.717) is 4.47 Å². The van der Waals surface area contributed by atoms with E-state index < -0.39 is 0 Å². The third-order valence-corrected chi connectivity index (χ3v) is 9.62. The molecule has 212 valence electrons. The molecule has 0 aliphatic heterocycles. The van der Waals surface area contributed by atoms with Crippen LogP contribution in [-0.2, 0) is 6.42 Å². The van der Waals surface area contributed by atoms with Crippen LogP contribution in [-0.4, -0.2) is 4.57 Å². The van der Waals surface area contributed by atoms with E-state index in [0.717, 1.165) is 25.5 Å². The fraction of sp³-hybridized carbons (Fsp3) is 0.0270. The molecule has 0 N–H and O–H groups in total. The molecule has 0 radical (unpaired) electrons. The number of benzene rings is 6. The second-order valence-electron chi connectivity index (χ2n) is 10.0. The molecule has 1 aliphatic carbocycles. The zero-order valence-electron chi connectivity index (χ0n) is 22.7. The van der Waals surface area contributed by atoms with Crippen molar-refractivity contribution in [2.45, 2.75) is 6.42 Å². The van der Waals surface area contributed by atoms with Gasteiger partial charge in [0, 0.05) is 24.2 Å². The first-order valence-corrected chi connectivity index (χ1v) is 16.8. The highest BCUT2D eigenvalue weighted by Gasteiger charge is 2.16. The van der Waals surface area contributed by atoms with Crippen LogP contribution in [0.5, 0.6) is 0 Å². The summed E-state index contributed by atoms with van der Waals surface area (Å²) in [7, 11) is 0. The summed E-state index contributed by atoms with van der Waals surface area (Å²) in [5.74, 6) is -0.246. The topological polar surface area (TPSA) is 4.93 Å². The van der Waals surface area contributed by atoms with E-state index in [1.807, 2.05) is 6.07 Å². The Bertz CT molecular complexity index is 1990. The first-order chi connectivity index (χ1) is 20.9. The van der Waals surface area contributed by atoms with Crippen molar-refractivity contribution < 1.29 is 4.39 Å². The van der Waals surface area contributed by atoms with Gasteiger partial charge in [-0.1, -0.05) is 117 Å². The number of hydrogen-bond donors (Lipinski definition) is 0. The zero-order valence-corrected chi connectivity index (χ0v) is 29.1. The molecule has 0 amide bonds. The number of para-hydroxylation sites is 2. The van der Waals surface area contributed by atoms with E-state index in [9.17, 15) is 4.39 Å².